The Hall–Kier alpha value is -2.39. The van der Waals surface area contributed by atoms with Crippen LogP contribution in [0.25, 0.3) is 0 Å². The van der Waals surface area contributed by atoms with E-state index in [-0.39, 0.29) is 6.04 Å². The van der Waals surface area contributed by atoms with Crippen molar-refractivity contribution in [3.05, 3.63) is 41.6 Å². The summed E-state index contributed by atoms with van der Waals surface area (Å²) >= 11 is 0. The quantitative estimate of drug-likeness (QED) is 0.840. The van der Waals surface area contributed by atoms with Gasteiger partial charge in [0.15, 0.2) is 0 Å². The van der Waals surface area contributed by atoms with Crippen molar-refractivity contribution >= 4 is 5.82 Å². The van der Waals surface area contributed by atoms with Crippen LogP contribution in [0.4, 0.5) is 5.82 Å². The highest BCUT2D eigenvalue weighted by Gasteiger charge is 2.29. The molecule has 0 aromatic carbocycles. The Morgan fingerprint density at radius 1 is 1.27 bits per heavy atom. The molecule has 0 amide bonds. The van der Waals surface area contributed by atoms with Gasteiger partial charge in [-0.05, 0) is 25.6 Å². The number of nitrogens with zero attached hydrogens (tertiary/aromatic N) is 6. The molecule has 0 N–H and O–H groups in total. The summed E-state index contributed by atoms with van der Waals surface area (Å²) in [7, 11) is 4.15. The Morgan fingerprint density at radius 2 is 2.09 bits per heavy atom. The van der Waals surface area contributed by atoms with Gasteiger partial charge >= 0.3 is 0 Å². The average Bonchev–Trinajstić information content (AvgIpc) is 2.94. The fourth-order valence-corrected chi connectivity index (χ4v) is 2.87. The van der Waals surface area contributed by atoms with E-state index in [4.69, 9.17) is 5.26 Å². The number of imidazole rings is 1. The summed E-state index contributed by atoms with van der Waals surface area (Å²) < 4.78 is 2.06. The van der Waals surface area contributed by atoms with Gasteiger partial charge in [0, 0.05) is 39.1 Å². The number of piperazine rings is 1. The Kier molecular flexibility index (Phi) is 3.82. The standard InChI is InChI=1S/C16H20N6/c1-12-4-5-15(19-13(12)10-17)22-9-8-20(2)14(11-22)16-18-6-7-21(16)3/h4-7,14H,8-9,11H2,1-3H3. The molecule has 1 unspecified atom stereocenters. The van der Waals surface area contributed by atoms with Crippen molar-refractivity contribution in [2.24, 2.45) is 7.05 Å². The van der Waals surface area contributed by atoms with E-state index in [2.05, 4.69) is 37.5 Å². The Morgan fingerprint density at radius 3 is 2.77 bits per heavy atom. The molecule has 6 nitrogen and oxygen atoms in total. The number of aryl methyl sites for hydroxylation is 2. The Labute approximate surface area is 130 Å². The van der Waals surface area contributed by atoms with Crippen LogP contribution < -0.4 is 4.90 Å². The summed E-state index contributed by atoms with van der Waals surface area (Å²) in [5.74, 6) is 1.93. The van der Waals surface area contributed by atoms with Crippen molar-refractivity contribution in [3.63, 3.8) is 0 Å². The molecule has 22 heavy (non-hydrogen) atoms. The highest BCUT2D eigenvalue weighted by atomic mass is 15.3. The van der Waals surface area contributed by atoms with E-state index in [1.807, 2.05) is 38.5 Å². The van der Waals surface area contributed by atoms with Crippen LogP contribution in [-0.2, 0) is 7.05 Å². The minimum absolute atomic E-state index is 0.224. The highest BCUT2D eigenvalue weighted by Crippen LogP contribution is 2.25. The lowest BCUT2D eigenvalue weighted by molar-refractivity contribution is 0.209. The summed E-state index contributed by atoms with van der Waals surface area (Å²) in [6, 6.07) is 6.36. The maximum atomic E-state index is 9.17. The number of nitriles is 1. The van der Waals surface area contributed by atoms with Crippen LogP contribution >= 0.6 is 0 Å². The molecule has 3 heterocycles. The van der Waals surface area contributed by atoms with E-state index in [9.17, 15) is 0 Å². The Balaban J connectivity index is 1.87. The lowest BCUT2D eigenvalue weighted by Gasteiger charge is -2.39. The molecule has 1 fully saturated rings. The summed E-state index contributed by atoms with van der Waals surface area (Å²) in [6.45, 7) is 4.58. The van der Waals surface area contributed by atoms with Gasteiger partial charge < -0.3 is 9.47 Å². The smallest absolute Gasteiger partial charge is 0.145 e. The largest absolute Gasteiger partial charge is 0.353 e. The average molecular weight is 296 g/mol. The van der Waals surface area contributed by atoms with Crippen molar-refractivity contribution in [2.75, 3.05) is 31.6 Å². The molecule has 0 saturated carbocycles. The van der Waals surface area contributed by atoms with Crippen molar-refractivity contribution in [1.82, 2.24) is 19.4 Å². The van der Waals surface area contributed by atoms with E-state index in [1.54, 1.807) is 0 Å². The number of anilines is 1. The zero-order valence-corrected chi connectivity index (χ0v) is 13.2. The first-order chi connectivity index (χ1) is 10.6. The normalized spacial score (nSPS) is 19.2. The highest BCUT2D eigenvalue weighted by molar-refractivity contribution is 5.45. The second-order valence-electron chi connectivity index (χ2n) is 5.79. The Bertz CT molecular complexity index is 714. The van der Waals surface area contributed by atoms with Crippen LogP contribution in [0.2, 0.25) is 0 Å². The van der Waals surface area contributed by atoms with Crippen LogP contribution in [0.15, 0.2) is 24.5 Å². The van der Waals surface area contributed by atoms with Crippen molar-refractivity contribution in [2.45, 2.75) is 13.0 Å². The second-order valence-corrected chi connectivity index (χ2v) is 5.79. The van der Waals surface area contributed by atoms with Crippen LogP contribution in [0.3, 0.4) is 0 Å². The van der Waals surface area contributed by atoms with Crippen LogP contribution in [-0.4, -0.2) is 46.1 Å². The van der Waals surface area contributed by atoms with Gasteiger partial charge in [-0.3, -0.25) is 4.90 Å². The van der Waals surface area contributed by atoms with Crippen molar-refractivity contribution < 1.29 is 0 Å². The third kappa shape index (κ3) is 2.55. The van der Waals surface area contributed by atoms with Gasteiger partial charge in [0.05, 0.1) is 6.04 Å². The molecular weight excluding hydrogens is 276 g/mol. The van der Waals surface area contributed by atoms with Gasteiger partial charge in [-0.15, -0.1) is 0 Å². The number of aromatic nitrogens is 3. The monoisotopic (exact) mass is 296 g/mol. The molecule has 2 aromatic heterocycles. The number of hydrogen-bond acceptors (Lipinski definition) is 5. The molecule has 1 saturated heterocycles. The number of hydrogen-bond donors (Lipinski definition) is 0. The SMILES string of the molecule is Cc1ccc(N2CCN(C)C(c3nccn3C)C2)nc1C#N. The van der Waals surface area contributed by atoms with Crippen LogP contribution in [0.5, 0.6) is 0 Å². The molecule has 0 radical (unpaired) electrons. The molecule has 0 spiro atoms. The van der Waals surface area contributed by atoms with Gasteiger partial charge in [-0.1, -0.05) is 6.07 Å². The lowest BCUT2D eigenvalue weighted by Crippen LogP contribution is -2.47. The first kappa shape index (κ1) is 14.5. The molecule has 3 rings (SSSR count). The minimum atomic E-state index is 0.224. The van der Waals surface area contributed by atoms with Gasteiger partial charge in [0.2, 0.25) is 0 Å². The number of rotatable bonds is 2. The maximum absolute atomic E-state index is 9.17. The number of likely N-dealkylation sites (N-methyl/N-ethyl adjacent to an activating group) is 1. The summed E-state index contributed by atoms with van der Waals surface area (Å²) in [4.78, 5) is 13.5. The summed E-state index contributed by atoms with van der Waals surface area (Å²) in [5, 5.41) is 9.17. The van der Waals surface area contributed by atoms with Crippen LogP contribution in [0.1, 0.15) is 23.1 Å². The summed E-state index contributed by atoms with van der Waals surface area (Å²) in [5.41, 5.74) is 1.42. The molecular formula is C16H20N6. The molecule has 6 heteroatoms. The molecule has 1 atom stereocenters. The molecule has 1 aliphatic heterocycles. The zero-order chi connectivity index (χ0) is 15.7. The second kappa shape index (κ2) is 5.78. The molecule has 0 bridgehead atoms. The lowest BCUT2D eigenvalue weighted by atomic mass is 10.1. The van der Waals surface area contributed by atoms with Gasteiger partial charge in [0.25, 0.3) is 0 Å². The van der Waals surface area contributed by atoms with Gasteiger partial charge in [-0.25, -0.2) is 9.97 Å². The fraction of sp³-hybridized carbons (Fsp3) is 0.438. The topological polar surface area (TPSA) is 61.0 Å². The first-order valence-electron chi connectivity index (χ1n) is 7.40. The van der Waals surface area contributed by atoms with E-state index >= 15 is 0 Å². The predicted molar refractivity (Wildman–Crippen MR) is 84.5 cm³/mol. The van der Waals surface area contributed by atoms with E-state index in [0.717, 1.165) is 36.8 Å². The molecule has 2 aromatic rings. The van der Waals surface area contributed by atoms with Gasteiger partial charge in [0.1, 0.15) is 23.4 Å². The zero-order valence-electron chi connectivity index (χ0n) is 13.2. The minimum Gasteiger partial charge on any atom is -0.353 e. The van der Waals surface area contributed by atoms with E-state index in [1.165, 1.54) is 0 Å². The van der Waals surface area contributed by atoms with Crippen molar-refractivity contribution in [1.29, 1.82) is 5.26 Å². The maximum Gasteiger partial charge on any atom is 0.145 e. The first-order valence-corrected chi connectivity index (χ1v) is 7.40. The van der Waals surface area contributed by atoms with Crippen LogP contribution in [0, 0.1) is 18.3 Å². The third-order valence-corrected chi connectivity index (χ3v) is 4.32. The van der Waals surface area contributed by atoms with Crippen molar-refractivity contribution in [3.8, 4) is 6.07 Å². The molecule has 0 aliphatic carbocycles. The van der Waals surface area contributed by atoms with Gasteiger partial charge in [-0.2, -0.15) is 5.26 Å². The third-order valence-electron chi connectivity index (χ3n) is 4.32. The van der Waals surface area contributed by atoms with E-state index in [0.29, 0.717) is 5.69 Å². The predicted octanol–water partition coefficient (Wildman–Crippen LogP) is 1.49. The fourth-order valence-electron chi connectivity index (χ4n) is 2.87. The van der Waals surface area contributed by atoms with E-state index < -0.39 is 0 Å². The molecule has 114 valence electrons. The summed E-state index contributed by atoms with van der Waals surface area (Å²) in [6.07, 6.45) is 3.81. The molecule has 1 aliphatic rings. The number of pyridine rings is 1.